The Balaban J connectivity index is 1.78. The van der Waals surface area contributed by atoms with Crippen molar-refractivity contribution in [2.75, 3.05) is 23.9 Å². The molecule has 0 aliphatic carbocycles. The number of amides is 1. The average molecular weight is 373 g/mol. The quantitative estimate of drug-likeness (QED) is 0.417. The van der Waals surface area contributed by atoms with Crippen molar-refractivity contribution in [1.29, 1.82) is 0 Å². The molecule has 0 spiro atoms. The van der Waals surface area contributed by atoms with Crippen LogP contribution in [0.4, 0.5) is 10.1 Å². The summed E-state index contributed by atoms with van der Waals surface area (Å²) in [4.78, 5) is 15.3. The van der Waals surface area contributed by atoms with Gasteiger partial charge >= 0.3 is 10.2 Å². The van der Waals surface area contributed by atoms with Crippen LogP contribution in [0.25, 0.3) is 0 Å². The fourth-order valence-corrected chi connectivity index (χ4v) is 3.64. The number of aliphatic hydroxyl groups excluding tert-OH is 1. The molecule has 1 aromatic carbocycles. The molecule has 2 heterocycles. The van der Waals surface area contributed by atoms with Crippen molar-refractivity contribution in [3.8, 4) is 5.75 Å². The number of nitrogens with one attached hydrogen (secondary N) is 3. The molecule has 1 unspecified atom stereocenters. The average Bonchev–Trinajstić information content (AvgIpc) is 2.79. The van der Waals surface area contributed by atoms with Crippen LogP contribution in [-0.4, -0.2) is 56.2 Å². The smallest absolute Gasteiger partial charge is 0.326 e. The summed E-state index contributed by atoms with van der Waals surface area (Å²) in [6.45, 7) is 0.0735. The zero-order chi connectivity index (χ0) is 18.2. The number of nitrogens with zero attached hydrogens (tertiary/aromatic N) is 2. The Morgan fingerprint density at radius 1 is 1.44 bits per heavy atom. The summed E-state index contributed by atoms with van der Waals surface area (Å²) in [5.41, 5.74) is -0.247. The number of aliphatic imine (C=N–C) groups is 1. The Bertz CT molecular complexity index is 820. The zero-order valence-corrected chi connectivity index (χ0v) is 13.7. The Labute approximate surface area is 142 Å². The second kappa shape index (κ2) is 6.37. The van der Waals surface area contributed by atoms with E-state index >= 15 is 0 Å². The lowest BCUT2D eigenvalue weighted by atomic mass is 10.1. The number of anilines is 1. The normalized spacial score (nSPS) is 22.2. The molecule has 1 amide bonds. The lowest BCUT2D eigenvalue weighted by Gasteiger charge is -2.20. The van der Waals surface area contributed by atoms with E-state index in [-0.39, 0.29) is 13.1 Å². The highest BCUT2D eigenvalue weighted by Crippen LogP contribution is 2.34. The molecule has 1 saturated heterocycles. The van der Waals surface area contributed by atoms with E-state index in [0.29, 0.717) is 22.4 Å². The largest absolute Gasteiger partial charge is 0.506 e. The molecule has 5 N–H and O–H groups in total. The number of phenolic OH excluding ortho intramolecular Hbond substituents is 1. The second-order valence-corrected chi connectivity index (χ2v) is 7.15. The van der Waals surface area contributed by atoms with E-state index in [1.54, 1.807) is 4.72 Å². The number of phenols is 1. The highest BCUT2D eigenvalue weighted by atomic mass is 32.2. The van der Waals surface area contributed by atoms with Crippen LogP contribution >= 0.6 is 0 Å². The van der Waals surface area contributed by atoms with Crippen LogP contribution in [0, 0.1) is 5.82 Å². The first-order chi connectivity index (χ1) is 11.8. The molecule has 0 bridgehead atoms. The molecule has 2 aliphatic rings. The molecular formula is C13H16FN5O5S. The van der Waals surface area contributed by atoms with Gasteiger partial charge in [-0.2, -0.15) is 8.42 Å². The van der Waals surface area contributed by atoms with E-state index in [4.69, 9.17) is 0 Å². The van der Waals surface area contributed by atoms with Crippen molar-refractivity contribution in [1.82, 2.24) is 15.4 Å². The highest BCUT2D eigenvalue weighted by molar-refractivity contribution is 7.92. The number of carbonyl (C=O) groups is 1. The van der Waals surface area contributed by atoms with Crippen molar-refractivity contribution in [2.24, 2.45) is 4.99 Å². The summed E-state index contributed by atoms with van der Waals surface area (Å²) in [7, 11) is -4.22. The van der Waals surface area contributed by atoms with E-state index in [1.165, 1.54) is 6.07 Å². The summed E-state index contributed by atoms with van der Waals surface area (Å²) >= 11 is 0. The molecule has 10 nitrogen and oxygen atoms in total. The summed E-state index contributed by atoms with van der Waals surface area (Å²) in [5.74, 6) is -1.98. The van der Waals surface area contributed by atoms with Gasteiger partial charge in [0.25, 0.3) is 5.91 Å². The van der Waals surface area contributed by atoms with Crippen molar-refractivity contribution >= 4 is 27.8 Å². The number of guanidine groups is 1. The Morgan fingerprint density at radius 3 is 2.76 bits per heavy atom. The number of hydrogen-bond acceptors (Lipinski definition) is 8. The fourth-order valence-electron chi connectivity index (χ4n) is 2.47. The molecule has 3 rings (SSSR count). The number of halogens is 1. The van der Waals surface area contributed by atoms with Crippen molar-refractivity contribution in [3.63, 3.8) is 0 Å². The molecule has 25 heavy (non-hydrogen) atoms. The predicted molar refractivity (Wildman–Crippen MR) is 85.6 cm³/mol. The van der Waals surface area contributed by atoms with Crippen LogP contribution in [0.2, 0.25) is 0 Å². The molecule has 0 saturated carbocycles. The van der Waals surface area contributed by atoms with Gasteiger partial charge in [0.2, 0.25) is 0 Å². The molecule has 1 atom stereocenters. The van der Waals surface area contributed by atoms with Crippen molar-refractivity contribution in [3.05, 3.63) is 23.5 Å². The van der Waals surface area contributed by atoms with Crippen molar-refractivity contribution < 1.29 is 27.8 Å². The Kier molecular flexibility index (Phi) is 4.39. The van der Waals surface area contributed by atoms with Gasteiger partial charge in [0.05, 0.1) is 12.6 Å². The van der Waals surface area contributed by atoms with Crippen LogP contribution in [0.15, 0.2) is 17.1 Å². The van der Waals surface area contributed by atoms with Gasteiger partial charge in [-0.25, -0.2) is 13.4 Å². The fraction of sp³-hybridized carbons (Fsp3) is 0.385. The summed E-state index contributed by atoms with van der Waals surface area (Å²) in [6.07, 6.45) is -0.565. The molecule has 1 aromatic rings. The molecule has 12 heteroatoms. The molecule has 1 fully saturated rings. The lowest BCUT2D eigenvalue weighted by molar-refractivity contribution is -0.117. The minimum atomic E-state index is -4.22. The van der Waals surface area contributed by atoms with Gasteiger partial charge in [-0.3, -0.25) is 9.79 Å². The molecule has 2 aliphatic heterocycles. The van der Waals surface area contributed by atoms with Gasteiger partial charge < -0.3 is 20.8 Å². The van der Waals surface area contributed by atoms with Crippen LogP contribution in [0.1, 0.15) is 5.56 Å². The van der Waals surface area contributed by atoms with E-state index < -0.39 is 46.0 Å². The Hall–Kier alpha value is -2.60. The first-order valence-electron chi connectivity index (χ1n) is 7.31. The lowest BCUT2D eigenvalue weighted by Crippen LogP contribution is -2.45. The van der Waals surface area contributed by atoms with Crippen molar-refractivity contribution in [2.45, 2.75) is 12.6 Å². The molecular weight excluding hydrogens is 357 g/mol. The van der Waals surface area contributed by atoms with Crippen LogP contribution in [0.3, 0.4) is 0 Å². The van der Waals surface area contributed by atoms with Crippen LogP contribution in [0.5, 0.6) is 5.75 Å². The van der Waals surface area contributed by atoms with Gasteiger partial charge in [0, 0.05) is 13.1 Å². The summed E-state index contributed by atoms with van der Waals surface area (Å²) in [5, 5.41) is 25.1. The topological polar surface area (TPSA) is 143 Å². The first kappa shape index (κ1) is 17.2. The third-order valence-corrected chi connectivity index (χ3v) is 4.98. The van der Waals surface area contributed by atoms with E-state index in [2.05, 4.69) is 15.6 Å². The molecule has 0 aromatic heterocycles. The third kappa shape index (κ3) is 3.58. The van der Waals surface area contributed by atoms with E-state index in [1.807, 2.05) is 0 Å². The Morgan fingerprint density at radius 2 is 2.20 bits per heavy atom. The van der Waals surface area contributed by atoms with Gasteiger partial charge in [-0.15, -0.1) is 0 Å². The summed E-state index contributed by atoms with van der Waals surface area (Å²) in [6, 6.07) is 2.25. The van der Waals surface area contributed by atoms with Crippen LogP contribution in [-0.2, 0) is 21.5 Å². The van der Waals surface area contributed by atoms with Gasteiger partial charge in [-0.05, 0) is 17.7 Å². The number of aliphatic hydroxyl groups is 1. The standard InChI is InChI=1S/C13H16FN5O5S/c14-9-1-7(3-15-13-16-4-8(20)5-17-13)2-10(21)12(9)19-6-11(22)18-25(19,23)24/h1-2,8,20-21H,3-6H2,(H,18,22)(H2,15,16,17). The number of benzene rings is 1. The maximum atomic E-state index is 14.3. The second-order valence-electron chi connectivity index (χ2n) is 5.56. The number of carbonyl (C=O) groups excluding carboxylic acids is 1. The monoisotopic (exact) mass is 373 g/mol. The maximum Gasteiger partial charge on any atom is 0.326 e. The third-order valence-electron chi connectivity index (χ3n) is 3.60. The van der Waals surface area contributed by atoms with Gasteiger partial charge in [0.15, 0.2) is 11.8 Å². The predicted octanol–water partition coefficient (Wildman–Crippen LogP) is -1.88. The molecule has 0 radical (unpaired) electrons. The SMILES string of the molecule is O=C1CN(c2c(O)cc(CNC3=NCC(O)CN3)cc2F)S(=O)(=O)N1. The minimum absolute atomic E-state index is 0.108. The van der Waals surface area contributed by atoms with Crippen LogP contribution < -0.4 is 19.7 Å². The number of rotatable bonds is 3. The first-order valence-corrected chi connectivity index (χ1v) is 8.75. The zero-order valence-electron chi connectivity index (χ0n) is 12.9. The van der Waals surface area contributed by atoms with E-state index in [0.717, 1.165) is 6.07 Å². The number of β-amino-alcohol motifs (C(OH)–C–C–N with tert-alkyl or cyclic N) is 1. The van der Waals surface area contributed by atoms with Gasteiger partial charge in [-0.1, -0.05) is 0 Å². The van der Waals surface area contributed by atoms with Gasteiger partial charge in [0.1, 0.15) is 18.0 Å². The molecule has 136 valence electrons. The summed E-state index contributed by atoms with van der Waals surface area (Å²) < 4.78 is 40.1. The number of aromatic hydroxyl groups is 1. The number of hydrogen-bond donors (Lipinski definition) is 5. The highest BCUT2D eigenvalue weighted by Gasteiger charge is 2.37. The van der Waals surface area contributed by atoms with E-state index in [9.17, 15) is 27.8 Å². The maximum absolute atomic E-state index is 14.3. The minimum Gasteiger partial charge on any atom is -0.506 e.